The summed E-state index contributed by atoms with van der Waals surface area (Å²) in [7, 11) is 0. The lowest BCUT2D eigenvalue weighted by Gasteiger charge is -2.01. The molecule has 0 fully saturated rings. The van der Waals surface area contributed by atoms with E-state index in [0.717, 1.165) is 11.3 Å². The number of hydrogen-bond acceptors (Lipinski definition) is 5. The molecule has 0 bridgehead atoms. The Labute approximate surface area is 143 Å². The van der Waals surface area contributed by atoms with Crippen LogP contribution < -0.4 is 5.32 Å². The van der Waals surface area contributed by atoms with Crippen LogP contribution in [0.2, 0.25) is 0 Å². The highest BCUT2D eigenvalue weighted by Crippen LogP contribution is 2.19. The second kappa shape index (κ2) is 6.20. The van der Waals surface area contributed by atoms with E-state index in [-0.39, 0.29) is 11.7 Å². The molecule has 0 radical (unpaired) electrons. The van der Waals surface area contributed by atoms with E-state index in [1.165, 1.54) is 0 Å². The molecule has 0 spiro atoms. The van der Waals surface area contributed by atoms with Crippen LogP contribution in [0.1, 0.15) is 21.8 Å². The summed E-state index contributed by atoms with van der Waals surface area (Å²) in [6, 6.07) is 10.9. The maximum Gasteiger partial charge on any atom is 0.292 e. The van der Waals surface area contributed by atoms with Gasteiger partial charge in [0.25, 0.3) is 5.91 Å². The molecule has 7 nitrogen and oxygen atoms in total. The van der Waals surface area contributed by atoms with E-state index >= 15 is 0 Å². The van der Waals surface area contributed by atoms with E-state index in [1.807, 2.05) is 25.1 Å². The molecule has 7 heteroatoms. The van der Waals surface area contributed by atoms with Gasteiger partial charge in [0.1, 0.15) is 5.52 Å². The minimum atomic E-state index is -0.359. The summed E-state index contributed by atoms with van der Waals surface area (Å²) in [5.41, 5.74) is 3.14. The lowest BCUT2D eigenvalue weighted by Crippen LogP contribution is -2.12. The van der Waals surface area contributed by atoms with Crippen molar-refractivity contribution in [3.05, 3.63) is 72.0 Å². The van der Waals surface area contributed by atoms with E-state index in [2.05, 4.69) is 20.4 Å². The number of nitrogens with zero attached hydrogens (tertiary/aromatic N) is 4. The van der Waals surface area contributed by atoms with Gasteiger partial charge in [0.05, 0.1) is 6.54 Å². The minimum absolute atomic E-state index is 0.204. The van der Waals surface area contributed by atoms with Gasteiger partial charge < -0.3 is 9.73 Å². The number of carbonyl (C=O) groups is 1. The Morgan fingerprint density at radius 1 is 1.28 bits per heavy atom. The summed E-state index contributed by atoms with van der Waals surface area (Å²) < 4.78 is 7.27. The zero-order valence-corrected chi connectivity index (χ0v) is 13.5. The standard InChI is InChI=1S/C18H15N5O2/c1-12-4-5-15-14(20-12)9-16(25-15)18(24)21-17-6-8-23(22-17)11-13-3-2-7-19-10-13/h2-10H,11H2,1H3,(H,21,22,24). The Kier molecular flexibility index (Phi) is 3.74. The average molecular weight is 333 g/mol. The molecule has 0 aliphatic carbocycles. The molecule has 0 aliphatic heterocycles. The molecule has 1 N–H and O–H groups in total. The highest BCUT2D eigenvalue weighted by atomic mass is 16.3. The summed E-state index contributed by atoms with van der Waals surface area (Å²) in [6.07, 6.45) is 5.30. The van der Waals surface area contributed by atoms with Crippen LogP contribution in [-0.2, 0) is 6.54 Å². The van der Waals surface area contributed by atoms with Crippen molar-refractivity contribution in [1.82, 2.24) is 19.7 Å². The number of fused-ring (bicyclic) bond motifs is 1. The predicted molar refractivity (Wildman–Crippen MR) is 92.3 cm³/mol. The Morgan fingerprint density at radius 3 is 3.04 bits per heavy atom. The van der Waals surface area contributed by atoms with E-state index < -0.39 is 0 Å². The first-order valence-electron chi connectivity index (χ1n) is 7.78. The molecule has 1 amide bonds. The van der Waals surface area contributed by atoms with Crippen LogP contribution in [0.4, 0.5) is 5.82 Å². The SMILES string of the molecule is Cc1ccc2oc(C(=O)Nc3ccn(Cc4cccnc4)n3)cc2n1. The van der Waals surface area contributed by atoms with Crippen LogP contribution in [0.5, 0.6) is 0 Å². The molecule has 25 heavy (non-hydrogen) atoms. The van der Waals surface area contributed by atoms with Crippen molar-refractivity contribution >= 4 is 22.8 Å². The molecular weight excluding hydrogens is 318 g/mol. The Hall–Kier alpha value is -3.48. The Morgan fingerprint density at radius 2 is 2.20 bits per heavy atom. The number of aryl methyl sites for hydroxylation is 1. The van der Waals surface area contributed by atoms with Gasteiger partial charge in [-0.3, -0.25) is 14.5 Å². The Balaban J connectivity index is 1.48. The lowest BCUT2D eigenvalue weighted by molar-refractivity contribution is 0.0998. The molecule has 0 atom stereocenters. The highest BCUT2D eigenvalue weighted by Gasteiger charge is 2.14. The molecule has 0 saturated heterocycles. The maximum absolute atomic E-state index is 12.3. The van der Waals surface area contributed by atoms with Crippen LogP contribution in [0.15, 0.2) is 59.4 Å². The number of anilines is 1. The van der Waals surface area contributed by atoms with Crippen molar-refractivity contribution in [2.45, 2.75) is 13.5 Å². The van der Waals surface area contributed by atoms with Gasteiger partial charge in [0.15, 0.2) is 17.2 Å². The van der Waals surface area contributed by atoms with Gasteiger partial charge in [-0.2, -0.15) is 5.10 Å². The molecule has 124 valence electrons. The van der Waals surface area contributed by atoms with Crippen LogP contribution in [-0.4, -0.2) is 25.7 Å². The van der Waals surface area contributed by atoms with Gasteiger partial charge in [-0.05, 0) is 30.7 Å². The van der Waals surface area contributed by atoms with E-state index in [0.29, 0.717) is 23.5 Å². The number of pyridine rings is 2. The third kappa shape index (κ3) is 3.25. The lowest BCUT2D eigenvalue weighted by atomic mass is 10.3. The zero-order chi connectivity index (χ0) is 17.2. The minimum Gasteiger partial charge on any atom is -0.449 e. The number of hydrogen-bond donors (Lipinski definition) is 1. The molecular formula is C18H15N5O2. The summed E-state index contributed by atoms with van der Waals surface area (Å²) in [5.74, 6) is 0.302. The van der Waals surface area contributed by atoms with Gasteiger partial charge in [0.2, 0.25) is 0 Å². The zero-order valence-electron chi connectivity index (χ0n) is 13.5. The monoisotopic (exact) mass is 333 g/mol. The summed E-state index contributed by atoms with van der Waals surface area (Å²) in [5, 5.41) is 7.07. The fourth-order valence-corrected chi connectivity index (χ4v) is 2.51. The number of nitrogens with one attached hydrogen (secondary N) is 1. The van der Waals surface area contributed by atoms with Crippen LogP contribution in [0.25, 0.3) is 11.1 Å². The highest BCUT2D eigenvalue weighted by molar-refractivity contribution is 6.03. The first-order chi connectivity index (χ1) is 12.2. The Bertz CT molecular complexity index is 1040. The molecule has 0 aromatic carbocycles. The first-order valence-corrected chi connectivity index (χ1v) is 7.78. The number of carbonyl (C=O) groups excluding carboxylic acids is 1. The fourth-order valence-electron chi connectivity index (χ4n) is 2.51. The van der Waals surface area contributed by atoms with E-state index in [1.54, 1.807) is 41.5 Å². The summed E-state index contributed by atoms with van der Waals surface area (Å²) in [4.78, 5) is 20.8. The van der Waals surface area contributed by atoms with Gasteiger partial charge in [-0.15, -0.1) is 0 Å². The average Bonchev–Trinajstić information content (AvgIpc) is 3.22. The molecule has 4 aromatic heterocycles. The van der Waals surface area contributed by atoms with Gasteiger partial charge >= 0.3 is 0 Å². The molecule has 4 rings (SSSR count). The van der Waals surface area contributed by atoms with E-state index in [9.17, 15) is 4.79 Å². The number of aromatic nitrogens is 4. The third-order valence-electron chi connectivity index (χ3n) is 3.69. The molecule has 0 aliphatic rings. The first kappa shape index (κ1) is 15.1. The van der Waals surface area contributed by atoms with Gasteiger partial charge in [-0.1, -0.05) is 6.07 Å². The van der Waals surface area contributed by atoms with Crippen molar-refractivity contribution in [2.24, 2.45) is 0 Å². The molecule has 0 saturated carbocycles. The number of rotatable bonds is 4. The molecule has 4 aromatic rings. The van der Waals surface area contributed by atoms with E-state index in [4.69, 9.17) is 4.42 Å². The quantitative estimate of drug-likeness (QED) is 0.620. The van der Waals surface area contributed by atoms with Crippen LogP contribution >= 0.6 is 0 Å². The van der Waals surface area contributed by atoms with Crippen molar-refractivity contribution in [3.63, 3.8) is 0 Å². The van der Waals surface area contributed by atoms with Crippen molar-refractivity contribution in [3.8, 4) is 0 Å². The summed E-state index contributed by atoms with van der Waals surface area (Å²) >= 11 is 0. The van der Waals surface area contributed by atoms with Crippen molar-refractivity contribution < 1.29 is 9.21 Å². The third-order valence-corrected chi connectivity index (χ3v) is 3.69. The smallest absolute Gasteiger partial charge is 0.292 e. The van der Waals surface area contributed by atoms with Gasteiger partial charge in [-0.25, -0.2) is 4.98 Å². The molecule has 0 unspecified atom stereocenters. The van der Waals surface area contributed by atoms with Crippen LogP contribution in [0, 0.1) is 6.92 Å². The summed E-state index contributed by atoms with van der Waals surface area (Å²) in [6.45, 7) is 2.47. The maximum atomic E-state index is 12.3. The predicted octanol–water partition coefficient (Wildman–Crippen LogP) is 3.03. The number of furan rings is 1. The second-order valence-electron chi connectivity index (χ2n) is 5.66. The molecule has 4 heterocycles. The van der Waals surface area contributed by atoms with Crippen molar-refractivity contribution in [2.75, 3.05) is 5.32 Å². The number of amides is 1. The van der Waals surface area contributed by atoms with Crippen molar-refractivity contribution in [1.29, 1.82) is 0 Å². The van der Waals surface area contributed by atoms with Crippen LogP contribution in [0.3, 0.4) is 0 Å². The second-order valence-corrected chi connectivity index (χ2v) is 5.66. The fraction of sp³-hybridized carbons (Fsp3) is 0.111. The normalized spacial score (nSPS) is 10.9. The largest absolute Gasteiger partial charge is 0.449 e. The topological polar surface area (TPSA) is 85.8 Å². The van der Waals surface area contributed by atoms with Gasteiger partial charge in [0, 0.05) is 36.4 Å².